The molecule has 87 heavy (non-hydrogen) atoms. The molecule has 1 unspecified atom stereocenters. The number of rotatable bonds is 11. The molecule has 2 aliphatic rings. The molecule has 0 spiro atoms. The lowest BCUT2D eigenvalue weighted by Crippen LogP contribution is -2.15. The summed E-state index contributed by atoms with van der Waals surface area (Å²) in [4.78, 5) is 5.20. The Balaban J connectivity index is 0.000000332. The quantitative estimate of drug-likeness (QED) is 0.121. The molecule has 1 atom stereocenters. The van der Waals surface area contributed by atoms with E-state index in [4.69, 9.17) is 0 Å². The molecular weight excluding hydrogens is 1090 g/mol. The van der Waals surface area contributed by atoms with Crippen LogP contribution in [0.4, 0.5) is 0 Å². The van der Waals surface area contributed by atoms with Crippen molar-refractivity contribution >= 4 is 22.7 Å². The molecule has 0 bridgehead atoms. The van der Waals surface area contributed by atoms with E-state index in [-0.39, 0.29) is 10.8 Å². The smallest absolute Gasteiger partial charge is 0.0449 e. The van der Waals surface area contributed by atoms with Crippen molar-refractivity contribution in [2.75, 3.05) is 0 Å². The molecule has 2 aliphatic carbocycles. The number of fused-ring (bicyclic) bond motifs is 6. The minimum atomic E-state index is -0.106. The van der Waals surface area contributed by atoms with Crippen molar-refractivity contribution < 1.29 is 0 Å². The van der Waals surface area contributed by atoms with E-state index >= 15 is 0 Å². The predicted octanol–water partition coefficient (Wildman–Crippen LogP) is 25.2. The summed E-state index contributed by atoms with van der Waals surface area (Å²) < 4.78 is 0. The topological polar surface area (TPSA) is 0 Å². The lowest BCUT2D eigenvalue weighted by Gasteiger charge is -2.23. The molecule has 0 saturated heterocycles. The van der Waals surface area contributed by atoms with Gasteiger partial charge in [0.05, 0.1) is 0 Å². The van der Waals surface area contributed by atoms with Gasteiger partial charge in [0, 0.05) is 30.3 Å². The van der Waals surface area contributed by atoms with E-state index in [1.807, 2.05) is 22.7 Å². The van der Waals surface area contributed by atoms with Crippen LogP contribution >= 0.6 is 22.7 Å². The van der Waals surface area contributed by atoms with Gasteiger partial charge in [0.1, 0.15) is 0 Å². The first-order valence-corrected chi connectivity index (χ1v) is 33.0. The molecule has 432 valence electrons. The predicted molar refractivity (Wildman–Crippen MR) is 380 cm³/mol. The zero-order valence-electron chi connectivity index (χ0n) is 52.6. The summed E-state index contributed by atoms with van der Waals surface area (Å²) >= 11 is 3.79. The lowest BCUT2D eigenvalue weighted by molar-refractivity contribution is 0.660. The third kappa shape index (κ3) is 11.7. The van der Waals surface area contributed by atoms with Gasteiger partial charge in [0.2, 0.25) is 0 Å². The second kappa shape index (κ2) is 24.8. The minimum absolute atomic E-state index is 0.106. The fraction of sp³-hybridized carbons (Fsp3) is 0.200. The summed E-state index contributed by atoms with van der Waals surface area (Å²) in [5.41, 5.74) is 31.9. The highest BCUT2D eigenvalue weighted by Gasteiger charge is 2.38. The molecule has 0 N–H and O–H groups in total. The van der Waals surface area contributed by atoms with Crippen LogP contribution < -0.4 is 0 Å². The van der Waals surface area contributed by atoms with Crippen molar-refractivity contribution in [1.29, 1.82) is 0 Å². The maximum atomic E-state index is 2.50. The summed E-state index contributed by atoms with van der Waals surface area (Å²) in [6.45, 7) is 25.3. The minimum Gasteiger partial charge on any atom is -0.134 e. The van der Waals surface area contributed by atoms with Crippen molar-refractivity contribution in [3.63, 3.8) is 0 Å². The van der Waals surface area contributed by atoms with E-state index in [0.29, 0.717) is 5.92 Å². The molecule has 2 heterocycles. The Morgan fingerprint density at radius 2 is 0.678 bits per heavy atom. The highest BCUT2D eigenvalue weighted by atomic mass is 32.1. The normalized spacial score (nSPS) is 13.3. The van der Waals surface area contributed by atoms with Crippen LogP contribution in [0.3, 0.4) is 0 Å². The van der Waals surface area contributed by atoms with Crippen LogP contribution in [0.5, 0.6) is 0 Å². The van der Waals surface area contributed by atoms with Gasteiger partial charge in [-0.1, -0.05) is 237 Å². The number of aryl methyl sites for hydroxylation is 5. The average molecular weight is 1170 g/mol. The highest BCUT2D eigenvalue weighted by molar-refractivity contribution is 7.25. The summed E-state index contributed by atoms with van der Waals surface area (Å²) in [5.74, 6) is 0.709. The maximum Gasteiger partial charge on any atom is 0.0449 e. The molecule has 0 nitrogen and oxygen atoms in total. The van der Waals surface area contributed by atoms with E-state index in [1.165, 1.54) is 172 Å². The van der Waals surface area contributed by atoms with Crippen molar-refractivity contribution in [2.45, 2.75) is 112 Å². The Bertz CT molecular complexity index is 4170. The number of hydrogen-bond acceptors (Lipinski definition) is 2. The van der Waals surface area contributed by atoms with Crippen LogP contribution in [0.25, 0.3) is 97.4 Å². The molecule has 14 rings (SSSR count). The summed E-state index contributed by atoms with van der Waals surface area (Å²) in [7, 11) is 0. The Kier molecular flexibility index (Phi) is 16.8. The van der Waals surface area contributed by atoms with Crippen LogP contribution in [0.1, 0.15) is 123 Å². The van der Waals surface area contributed by atoms with E-state index in [2.05, 4.69) is 319 Å². The van der Waals surface area contributed by atoms with Gasteiger partial charge < -0.3 is 0 Å². The van der Waals surface area contributed by atoms with Crippen LogP contribution in [-0.4, -0.2) is 0 Å². The Hall–Kier alpha value is -8.40. The first-order valence-electron chi connectivity index (χ1n) is 31.3. The fourth-order valence-electron chi connectivity index (χ4n) is 13.3. The number of thiophene rings is 2. The van der Waals surface area contributed by atoms with E-state index in [0.717, 1.165) is 0 Å². The molecule has 2 aromatic heterocycles. The monoisotopic (exact) mass is 1160 g/mol. The lowest BCUT2D eigenvalue weighted by atomic mass is 9.80. The van der Waals surface area contributed by atoms with E-state index in [1.54, 1.807) is 0 Å². The number of benzene rings is 10. The third-order valence-electron chi connectivity index (χ3n) is 18.7. The van der Waals surface area contributed by atoms with Gasteiger partial charge in [-0.15, -0.1) is 22.7 Å². The summed E-state index contributed by atoms with van der Waals surface area (Å²) in [6, 6.07) is 90.1. The van der Waals surface area contributed by atoms with Crippen molar-refractivity contribution in [3.05, 3.63) is 298 Å². The summed E-state index contributed by atoms with van der Waals surface area (Å²) in [6.07, 6.45) is 3.68. The van der Waals surface area contributed by atoms with Crippen molar-refractivity contribution in [2.24, 2.45) is 0 Å². The molecule has 0 saturated carbocycles. The molecule has 2 heteroatoms. The van der Waals surface area contributed by atoms with Gasteiger partial charge in [-0.2, -0.15) is 0 Å². The SMILES string of the molecule is CCC(C)c1ccccc1.CCCc1ccccc1.Cc1ccc(-c2ccc(-c3ccc(-c4ccc(C)c(-c5cc6c(cc5C)-c5ccc(-c7ccccc7)cc5C6(C)C)c4)s3)s2)cc1-c1cc2c(cc1C)-c1ccc(-c3ccccc3)cc1C2(C)C. The first-order chi connectivity index (χ1) is 42.1. The molecule has 0 aliphatic heterocycles. The van der Waals surface area contributed by atoms with Crippen LogP contribution in [-0.2, 0) is 17.3 Å². The third-order valence-corrected chi connectivity index (χ3v) is 21.2. The summed E-state index contributed by atoms with van der Waals surface area (Å²) in [5, 5.41) is 0. The van der Waals surface area contributed by atoms with Gasteiger partial charge in [-0.3, -0.25) is 0 Å². The highest BCUT2D eigenvalue weighted by Crippen LogP contribution is 2.54. The second-order valence-corrected chi connectivity index (χ2v) is 27.4. The Labute approximate surface area is 527 Å². The molecule has 12 aromatic rings. The molecule has 10 aromatic carbocycles. The van der Waals surface area contributed by atoms with Gasteiger partial charge in [0.25, 0.3) is 0 Å². The van der Waals surface area contributed by atoms with Crippen LogP contribution in [0.15, 0.2) is 243 Å². The molecule has 0 fully saturated rings. The molecule has 0 amide bonds. The van der Waals surface area contributed by atoms with Gasteiger partial charge >= 0.3 is 0 Å². The van der Waals surface area contributed by atoms with Crippen LogP contribution in [0.2, 0.25) is 0 Å². The zero-order chi connectivity index (χ0) is 60.6. The van der Waals surface area contributed by atoms with Gasteiger partial charge in [-0.05, 0) is 241 Å². The zero-order valence-corrected chi connectivity index (χ0v) is 54.2. The largest absolute Gasteiger partial charge is 0.134 e. The first kappa shape index (κ1) is 59.0. The Morgan fingerprint density at radius 3 is 1.09 bits per heavy atom. The molecule has 0 radical (unpaired) electrons. The average Bonchev–Trinajstić information content (AvgIpc) is 1.60. The number of hydrogen-bond donors (Lipinski definition) is 0. The second-order valence-electron chi connectivity index (χ2n) is 25.3. The fourth-order valence-corrected chi connectivity index (χ4v) is 15.4. The van der Waals surface area contributed by atoms with Crippen molar-refractivity contribution in [1.82, 2.24) is 0 Å². The van der Waals surface area contributed by atoms with Crippen molar-refractivity contribution in [3.8, 4) is 97.4 Å². The van der Waals surface area contributed by atoms with E-state index < -0.39 is 0 Å². The maximum absolute atomic E-state index is 2.50. The standard InChI is InChI=1S/C66H54S2.C10H14.C9H12/c1-39-19-21-47(33-51(39)53-37-59-55(31-41(53)3)49-25-23-45(35-57(49)65(59,5)6)43-15-11-9-12-16-43)61-27-29-63(67-61)64-30-28-62(68-64)48-22-20-40(2)52(34-48)54-38-60-56(32-42(54)4)50-26-24-46(36-58(50)66(60,7)8)44-17-13-10-14-18-44;1-3-9(2)10-7-5-4-6-8-10;1-2-6-9-7-4-3-5-8-9/h9-38H,1-8H3;4-9H,3H2,1-2H3;3-5,7-8H,2,6H2,1H3. The van der Waals surface area contributed by atoms with E-state index in [9.17, 15) is 0 Å². The van der Waals surface area contributed by atoms with Gasteiger partial charge in [-0.25, -0.2) is 0 Å². The molecular formula is C85H80S2. The Morgan fingerprint density at radius 1 is 0.310 bits per heavy atom. The van der Waals surface area contributed by atoms with Gasteiger partial charge in [0.15, 0.2) is 0 Å². The van der Waals surface area contributed by atoms with Crippen LogP contribution in [0, 0.1) is 27.7 Å².